The minimum absolute atomic E-state index is 0.0170. The molecule has 2 amide bonds. The van der Waals surface area contributed by atoms with E-state index in [0.29, 0.717) is 44.1 Å². The van der Waals surface area contributed by atoms with E-state index in [1.54, 1.807) is 30.3 Å². The van der Waals surface area contributed by atoms with E-state index in [-0.39, 0.29) is 16.4 Å². The van der Waals surface area contributed by atoms with Crippen molar-refractivity contribution < 1.29 is 27.2 Å². The van der Waals surface area contributed by atoms with Crippen LogP contribution in [0.3, 0.4) is 0 Å². The number of nitrogens with zero attached hydrogens (tertiary/aromatic N) is 1. The van der Waals surface area contributed by atoms with E-state index < -0.39 is 27.9 Å². The van der Waals surface area contributed by atoms with E-state index in [1.807, 2.05) is 0 Å². The van der Waals surface area contributed by atoms with Crippen molar-refractivity contribution in [3.63, 3.8) is 0 Å². The number of rotatable bonds is 3. The number of thioether (sulfide) groups is 1. The van der Waals surface area contributed by atoms with Crippen LogP contribution in [0.1, 0.15) is 11.3 Å². The molecule has 2 aromatic carbocycles. The van der Waals surface area contributed by atoms with E-state index in [9.17, 15) is 22.8 Å². The van der Waals surface area contributed by atoms with Gasteiger partial charge in [0.25, 0.3) is 11.1 Å². The second kappa shape index (κ2) is 8.51. The van der Waals surface area contributed by atoms with Crippen LogP contribution >= 0.6 is 46.6 Å². The molecule has 32 heavy (non-hydrogen) atoms. The maximum Gasteiger partial charge on any atom is 0.417 e. The second-order valence-corrected chi connectivity index (χ2v) is 8.75. The normalized spacial score (nSPS) is 15.8. The average Bonchev–Trinajstić information content (AvgIpc) is 3.28. The summed E-state index contributed by atoms with van der Waals surface area (Å²) >= 11 is 18.3. The number of imide groups is 1. The molecule has 0 N–H and O–H groups in total. The Kier molecular flexibility index (Phi) is 6.06. The van der Waals surface area contributed by atoms with Gasteiger partial charge in [0.05, 0.1) is 26.2 Å². The van der Waals surface area contributed by atoms with Crippen LogP contribution in [0.5, 0.6) is 0 Å². The number of alkyl halides is 3. The van der Waals surface area contributed by atoms with Crippen LogP contribution < -0.4 is 4.90 Å². The Labute approximate surface area is 198 Å². The molecule has 1 fully saturated rings. The molecule has 4 rings (SSSR count). The van der Waals surface area contributed by atoms with Gasteiger partial charge in [-0.15, -0.1) is 0 Å². The maximum atomic E-state index is 13.2. The molecule has 1 saturated heterocycles. The molecule has 1 aliphatic heterocycles. The minimum Gasteiger partial charge on any atom is -0.457 e. The first-order chi connectivity index (χ1) is 15.0. The highest BCUT2D eigenvalue weighted by Gasteiger charge is 2.39. The minimum atomic E-state index is -4.74. The summed E-state index contributed by atoms with van der Waals surface area (Å²) in [6, 6.07) is 10.8. The third-order valence-corrected chi connectivity index (χ3v) is 6.17. The topological polar surface area (TPSA) is 50.5 Å². The first-order valence-electron chi connectivity index (χ1n) is 8.74. The van der Waals surface area contributed by atoms with Gasteiger partial charge < -0.3 is 4.42 Å². The van der Waals surface area contributed by atoms with E-state index in [4.69, 9.17) is 39.2 Å². The van der Waals surface area contributed by atoms with Crippen LogP contribution in [0.15, 0.2) is 57.9 Å². The molecule has 0 aliphatic carbocycles. The van der Waals surface area contributed by atoms with Crippen LogP contribution in [0.2, 0.25) is 15.1 Å². The monoisotopic (exact) mass is 517 g/mol. The van der Waals surface area contributed by atoms with Gasteiger partial charge in [0.15, 0.2) is 0 Å². The molecule has 0 radical (unpaired) electrons. The second-order valence-electron chi connectivity index (χ2n) is 6.51. The zero-order valence-electron chi connectivity index (χ0n) is 15.5. The Morgan fingerprint density at radius 1 is 0.938 bits per heavy atom. The van der Waals surface area contributed by atoms with Crippen molar-refractivity contribution in [1.82, 2.24) is 0 Å². The van der Waals surface area contributed by atoms with E-state index in [1.165, 1.54) is 12.1 Å². The fourth-order valence-corrected chi connectivity index (χ4v) is 4.38. The largest absolute Gasteiger partial charge is 0.457 e. The predicted molar refractivity (Wildman–Crippen MR) is 119 cm³/mol. The number of halogens is 6. The summed E-state index contributed by atoms with van der Waals surface area (Å²) in [6.07, 6.45) is -3.41. The molecule has 0 bridgehead atoms. The van der Waals surface area contributed by atoms with Gasteiger partial charge in [0.2, 0.25) is 0 Å². The molecule has 0 atom stereocenters. The van der Waals surface area contributed by atoms with Crippen LogP contribution in [0, 0.1) is 0 Å². The zero-order chi connectivity index (χ0) is 23.2. The first kappa shape index (κ1) is 22.8. The van der Waals surface area contributed by atoms with Gasteiger partial charge in [-0.2, -0.15) is 13.2 Å². The van der Waals surface area contributed by atoms with Crippen molar-refractivity contribution in [3.8, 4) is 11.3 Å². The van der Waals surface area contributed by atoms with Crippen LogP contribution in [-0.2, 0) is 11.0 Å². The predicted octanol–water partition coefficient (Wildman–Crippen LogP) is 8.17. The van der Waals surface area contributed by atoms with Gasteiger partial charge in [-0.3, -0.25) is 9.59 Å². The standard InChI is InChI=1S/C21H9Cl3F3NO3S/c22-10-1-4-15(23)13(7-10)17-6-3-12(31-17)9-18-19(29)28(20(30)32-18)11-2-5-16(24)14(8-11)21(25,26)27/h1-9H/b18-9+. The summed E-state index contributed by atoms with van der Waals surface area (Å²) in [4.78, 5) is 25.8. The highest BCUT2D eigenvalue weighted by atomic mass is 35.5. The van der Waals surface area contributed by atoms with Crippen molar-refractivity contribution in [2.75, 3.05) is 4.90 Å². The molecule has 4 nitrogen and oxygen atoms in total. The van der Waals surface area contributed by atoms with Gasteiger partial charge in [-0.1, -0.05) is 34.8 Å². The lowest BCUT2D eigenvalue weighted by atomic mass is 10.1. The Hall–Kier alpha value is -2.39. The van der Waals surface area contributed by atoms with Gasteiger partial charge in [-0.05, 0) is 60.3 Å². The van der Waals surface area contributed by atoms with Crippen molar-refractivity contribution >= 4 is 69.5 Å². The highest BCUT2D eigenvalue weighted by Crippen LogP contribution is 2.41. The molecule has 1 aliphatic rings. The molecule has 3 aromatic rings. The average molecular weight is 519 g/mol. The van der Waals surface area contributed by atoms with E-state index in [2.05, 4.69) is 0 Å². The van der Waals surface area contributed by atoms with Gasteiger partial charge in [-0.25, -0.2) is 4.90 Å². The molecule has 11 heteroatoms. The summed E-state index contributed by atoms with van der Waals surface area (Å²) in [5.74, 6) is -0.154. The molecule has 0 saturated carbocycles. The smallest absolute Gasteiger partial charge is 0.417 e. The lowest BCUT2D eigenvalue weighted by Crippen LogP contribution is -2.28. The van der Waals surface area contributed by atoms with Crippen molar-refractivity contribution in [2.24, 2.45) is 0 Å². The number of carbonyl (C=O) groups excluding carboxylic acids is 2. The van der Waals surface area contributed by atoms with Crippen molar-refractivity contribution in [2.45, 2.75) is 6.18 Å². The van der Waals surface area contributed by atoms with E-state index in [0.717, 1.165) is 6.07 Å². The number of anilines is 1. The maximum absolute atomic E-state index is 13.2. The van der Waals surface area contributed by atoms with Gasteiger partial charge in [0, 0.05) is 16.7 Å². The van der Waals surface area contributed by atoms with Crippen molar-refractivity contribution in [1.29, 1.82) is 0 Å². The number of carbonyl (C=O) groups is 2. The molecule has 164 valence electrons. The Balaban J connectivity index is 1.64. The van der Waals surface area contributed by atoms with Crippen molar-refractivity contribution in [3.05, 3.63) is 79.8 Å². The summed E-state index contributed by atoms with van der Waals surface area (Å²) in [6.45, 7) is 0. The fourth-order valence-electron chi connectivity index (χ4n) is 2.95. The molecule has 1 aromatic heterocycles. The quantitative estimate of drug-likeness (QED) is 0.328. The molecule has 0 spiro atoms. The van der Waals surface area contributed by atoms with Crippen LogP contribution in [0.4, 0.5) is 23.7 Å². The summed E-state index contributed by atoms with van der Waals surface area (Å²) in [5, 5.41) is -0.434. The zero-order valence-corrected chi connectivity index (χ0v) is 18.6. The SMILES string of the molecule is O=C1S/C(=C/c2ccc(-c3cc(Cl)ccc3Cl)o2)C(=O)N1c1ccc(Cl)c(C(F)(F)F)c1. The number of amides is 2. The number of furan rings is 1. The highest BCUT2D eigenvalue weighted by molar-refractivity contribution is 8.19. The first-order valence-corrected chi connectivity index (χ1v) is 10.7. The van der Waals surface area contributed by atoms with E-state index >= 15 is 0 Å². The molecular formula is C21H9Cl3F3NO3S. The van der Waals surface area contributed by atoms with Gasteiger partial charge in [0.1, 0.15) is 11.5 Å². The Morgan fingerprint density at radius 2 is 1.66 bits per heavy atom. The number of benzene rings is 2. The summed E-state index contributed by atoms with van der Waals surface area (Å²) in [7, 11) is 0. The summed E-state index contributed by atoms with van der Waals surface area (Å²) < 4.78 is 45.1. The van der Waals surface area contributed by atoms with Gasteiger partial charge >= 0.3 is 6.18 Å². The fraction of sp³-hybridized carbons (Fsp3) is 0.0476. The summed E-state index contributed by atoms with van der Waals surface area (Å²) in [5.41, 5.74) is -0.847. The van der Waals surface area contributed by atoms with Crippen LogP contribution in [-0.4, -0.2) is 11.1 Å². The Morgan fingerprint density at radius 3 is 2.38 bits per heavy atom. The Bertz CT molecular complexity index is 1290. The van der Waals surface area contributed by atoms with Crippen LogP contribution in [0.25, 0.3) is 17.4 Å². The molecule has 0 unspecified atom stereocenters. The lowest BCUT2D eigenvalue weighted by Gasteiger charge is -2.16. The molecular weight excluding hydrogens is 510 g/mol. The number of hydrogen-bond donors (Lipinski definition) is 0. The third-order valence-electron chi connectivity index (χ3n) is 4.40. The lowest BCUT2D eigenvalue weighted by molar-refractivity contribution is -0.137. The molecule has 2 heterocycles. The number of hydrogen-bond acceptors (Lipinski definition) is 4. The third kappa shape index (κ3) is 4.41.